The molecule has 0 saturated heterocycles. The average Bonchev–Trinajstić information content (AvgIpc) is 3.30. The van der Waals surface area contributed by atoms with Crippen LogP contribution >= 0.6 is 11.8 Å². The van der Waals surface area contributed by atoms with Crippen molar-refractivity contribution in [3.8, 4) is 5.69 Å². The first kappa shape index (κ1) is 21.3. The lowest BCUT2D eigenvalue weighted by molar-refractivity contribution is -0.694. The van der Waals surface area contributed by atoms with Gasteiger partial charge in [0.1, 0.15) is 0 Å². The van der Waals surface area contributed by atoms with Gasteiger partial charge >= 0.3 is 5.16 Å². The second-order valence-corrected chi connectivity index (χ2v) is 7.97. The Labute approximate surface area is 189 Å². The average molecular weight is 445 g/mol. The molecule has 0 fully saturated rings. The van der Waals surface area contributed by atoms with Gasteiger partial charge in [-0.25, -0.2) is 0 Å². The summed E-state index contributed by atoms with van der Waals surface area (Å²) in [7, 11) is 0. The number of amides is 2. The molecule has 1 heterocycles. The maximum absolute atomic E-state index is 12.5. The third-order valence-electron chi connectivity index (χ3n) is 4.71. The van der Waals surface area contributed by atoms with Gasteiger partial charge in [0, 0.05) is 16.9 Å². The van der Waals surface area contributed by atoms with Crippen LogP contribution in [0.3, 0.4) is 0 Å². The number of thioether (sulfide) groups is 1. The van der Waals surface area contributed by atoms with Crippen LogP contribution in [0, 0.1) is 6.92 Å². The maximum atomic E-state index is 12.5. The number of H-pyrrole nitrogens is 1. The van der Waals surface area contributed by atoms with Crippen molar-refractivity contribution in [3.63, 3.8) is 0 Å². The van der Waals surface area contributed by atoms with Gasteiger partial charge in [-0.15, -0.1) is 4.68 Å². The van der Waals surface area contributed by atoms with E-state index in [1.165, 1.54) is 11.8 Å². The Kier molecular flexibility index (Phi) is 6.62. The number of aromatic nitrogens is 3. The minimum absolute atomic E-state index is 0.165. The molecule has 0 spiro atoms. The smallest absolute Gasteiger partial charge is 0.325 e. The van der Waals surface area contributed by atoms with E-state index in [-0.39, 0.29) is 17.6 Å². The van der Waals surface area contributed by atoms with Crippen LogP contribution in [-0.2, 0) is 4.79 Å². The summed E-state index contributed by atoms with van der Waals surface area (Å²) in [6.07, 6.45) is 1.59. The number of hydrogen-bond donors (Lipinski definition) is 3. The molecule has 0 bridgehead atoms. The Morgan fingerprint density at radius 2 is 1.69 bits per heavy atom. The molecule has 0 aliphatic rings. The van der Waals surface area contributed by atoms with Crippen molar-refractivity contribution in [2.45, 2.75) is 12.1 Å². The normalized spacial score (nSPS) is 10.5. The highest BCUT2D eigenvalue weighted by Gasteiger charge is 2.18. The summed E-state index contributed by atoms with van der Waals surface area (Å²) >= 11 is 1.33. The topological polar surface area (TPSA) is 90.8 Å². The molecule has 0 radical (unpaired) electrons. The van der Waals surface area contributed by atoms with Gasteiger partial charge in [0.15, 0.2) is 5.69 Å². The van der Waals surface area contributed by atoms with Gasteiger partial charge in [0.25, 0.3) is 5.91 Å². The predicted octanol–water partition coefficient (Wildman–Crippen LogP) is 3.98. The number of benzene rings is 3. The van der Waals surface area contributed by atoms with E-state index in [0.29, 0.717) is 22.1 Å². The van der Waals surface area contributed by atoms with Crippen LogP contribution in [0.1, 0.15) is 15.9 Å². The molecule has 160 valence electrons. The molecule has 0 unspecified atom stereocenters. The molecule has 3 N–H and O–H groups in total. The fourth-order valence-electron chi connectivity index (χ4n) is 3.06. The Morgan fingerprint density at radius 1 is 0.969 bits per heavy atom. The second-order valence-electron chi connectivity index (χ2n) is 7.03. The fraction of sp³-hybridized carbons (Fsp3) is 0.0833. The van der Waals surface area contributed by atoms with Crippen LogP contribution in [-0.4, -0.2) is 27.6 Å². The number of aryl methyl sites for hydroxylation is 1. The van der Waals surface area contributed by atoms with Gasteiger partial charge in [0.05, 0.1) is 5.75 Å². The first-order chi connectivity index (χ1) is 15.6. The van der Waals surface area contributed by atoms with Crippen molar-refractivity contribution < 1.29 is 14.3 Å². The number of carbonyl (C=O) groups excluding carboxylic acids is 2. The van der Waals surface area contributed by atoms with Gasteiger partial charge in [-0.05, 0) is 65.6 Å². The van der Waals surface area contributed by atoms with Crippen LogP contribution in [0.15, 0.2) is 90.3 Å². The summed E-state index contributed by atoms with van der Waals surface area (Å²) in [6, 6.07) is 24.2. The van der Waals surface area contributed by atoms with E-state index in [0.717, 1.165) is 11.3 Å². The molecule has 1 aromatic heterocycles. The SMILES string of the molecule is Cc1ccc(NC(=O)CSc2nc[nH][n+]2-c2ccccc2)cc1NC(=O)c1ccccc1. The van der Waals surface area contributed by atoms with E-state index in [9.17, 15) is 9.59 Å². The van der Waals surface area contributed by atoms with E-state index in [2.05, 4.69) is 20.7 Å². The zero-order valence-corrected chi connectivity index (χ0v) is 18.2. The maximum Gasteiger partial charge on any atom is 0.385 e. The fourth-order valence-corrected chi connectivity index (χ4v) is 3.81. The number of nitrogens with one attached hydrogen (secondary N) is 3. The van der Waals surface area contributed by atoms with Crippen molar-refractivity contribution in [3.05, 3.63) is 96.3 Å². The highest BCUT2D eigenvalue weighted by atomic mass is 32.2. The van der Waals surface area contributed by atoms with E-state index < -0.39 is 0 Å². The van der Waals surface area contributed by atoms with Crippen molar-refractivity contribution in [1.82, 2.24) is 10.1 Å². The van der Waals surface area contributed by atoms with E-state index in [4.69, 9.17) is 0 Å². The van der Waals surface area contributed by atoms with Crippen LogP contribution in [0.2, 0.25) is 0 Å². The van der Waals surface area contributed by atoms with Crippen molar-refractivity contribution in [2.75, 3.05) is 16.4 Å². The molecular weight excluding hydrogens is 422 g/mol. The number of hydrogen-bond acceptors (Lipinski definition) is 4. The first-order valence-electron chi connectivity index (χ1n) is 10.0. The third kappa shape index (κ3) is 5.22. The van der Waals surface area contributed by atoms with Crippen LogP contribution in [0.25, 0.3) is 5.69 Å². The summed E-state index contributed by atoms with van der Waals surface area (Å²) in [4.78, 5) is 29.3. The molecule has 4 rings (SSSR count). The van der Waals surface area contributed by atoms with Crippen LogP contribution in [0.5, 0.6) is 0 Å². The minimum atomic E-state index is -0.197. The molecule has 3 aromatic carbocycles. The van der Waals surface area contributed by atoms with Gasteiger partial charge in [-0.1, -0.05) is 42.5 Å². The molecule has 0 aliphatic carbocycles. The van der Waals surface area contributed by atoms with Gasteiger partial charge < -0.3 is 10.6 Å². The zero-order chi connectivity index (χ0) is 22.3. The minimum Gasteiger partial charge on any atom is -0.325 e. The Hall–Kier alpha value is -3.91. The molecule has 4 aromatic rings. The van der Waals surface area contributed by atoms with Gasteiger partial charge in [-0.3, -0.25) is 9.59 Å². The van der Waals surface area contributed by atoms with Gasteiger partial charge in [0.2, 0.25) is 12.2 Å². The summed E-state index contributed by atoms with van der Waals surface area (Å²) in [5.41, 5.74) is 3.68. The lowest BCUT2D eigenvalue weighted by Gasteiger charge is -2.11. The molecule has 8 heteroatoms. The Bertz CT molecular complexity index is 1230. The predicted molar refractivity (Wildman–Crippen MR) is 125 cm³/mol. The van der Waals surface area contributed by atoms with Crippen molar-refractivity contribution >= 4 is 35.0 Å². The number of carbonyl (C=O) groups is 2. The van der Waals surface area contributed by atoms with Crippen molar-refractivity contribution in [1.29, 1.82) is 0 Å². The van der Waals surface area contributed by atoms with E-state index in [1.807, 2.05) is 72.3 Å². The lowest BCUT2D eigenvalue weighted by Crippen LogP contribution is -2.35. The summed E-state index contributed by atoms with van der Waals surface area (Å²) < 4.78 is 1.82. The molecule has 0 saturated carbocycles. The van der Waals surface area contributed by atoms with E-state index >= 15 is 0 Å². The number of aromatic amines is 1. The number of nitrogens with zero attached hydrogens (tertiary/aromatic N) is 2. The molecule has 2 amide bonds. The molecule has 32 heavy (non-hydrogen) atoms. The number of para-hydroxylation sites is 1. The largest absolute Gasteiger partial charge is 0.385 e. The first-order valence-corrected chi connectivity index (χ1v) is 11.0. The van der Waals surface area contributed by atoms with Crippen LogP contribution in [0.4, 0.5) is 11.4 Å². The molecule has 0 atom stereocenters. The summed E-state index contributed by atoms with van der Waals surface area (Å²) in [5.74, 6) is -0.171. The lowest BCUT2D eigenvalue weighted by atomic mass is 10.1. The monoisotopic (exact) mass is 444 g/mol. The second kappa shape index (κ2) is 9.93. The number of anilines is 2. The number of rotatable bonds is 7. The zero-order valence-electron chi connectivity index (χ0n) is 17.4. The Balaban J connectivity index is 1.39. The van der Waals surface area contributed by atoms with Crippen LogP contribution < -0.4 is 15.3 Å². The third-order valence-corrected chi connectivity index (χ3v) is 5.66. The molecule has 7 nitrogen and oxygen atoms in total. The quantitative estimate of drug-likeness (QED) is 0.297. The van der Waals surface area contributed by atoms with Gasteiger partial charge in [-0.2, -0.15) is 5.10 Å². The summed E-state index contributed by atoms with van der Waals surface area (Å²) in [6.45, 7) is 1.90. The Morgan fingerprint density at radius 3 is 2.44 bits per heavy atom. The summed E-state index contributed by atoms with van der Waals surface area (Å²) in [5, 5.41) is 9.53. The van der Waals surface area contributed by atoms with E-state index in [1.54, 1.807) is 24.5 Å². The highest BCUT2D eigenvalue weighted by Crippen LogP contribution is 2.22. The molecule has 0 aliphatic heterocycles. The molecular formula is C24H22N5O2S+. The van der Waals surface area contributed by atoms with Crippen molar-refractivity contribution in [2.24, 2.45) is 0 Å². The highest BCUT2D eigenvalue weighted by molar-refractivity contribution is 7.99. The standard InChI is InChI=1S/C24H21N5O2S/c1-17-12-13-19(14-21(17)28-23(31)18-8-4-2-5-9-18)27-22(30)15-32-24-25-16-26-29(24)20-10-6-3-7-11-20/h2-14,16H,15H2,1H3,(H2,27,28,30,31)/p+1.